The predicted molar refractivity (Wildman–Crippen MR) is 123 cm³/mol. The standard InChI is InChI=1S/C24H18Cl2F3NO3/c1-32-22-13-15(9-11-21(22)33-14-16-18(25)6-4-7-19(16)26)10-12-23(31)30-20-8-3-2-5-17(20)24(27,28)29/h2-13H,14H2,1H3,(H,30,31). The first kappa shape index (κ1) is 24.5. The molecule has 0 saturated carbocycles. The quantitative estimate of drug-likeness (QED) is 0.351. The first-order valence-electron chi connectivity index (χ1n) is 9.58. The molecule has 33 heavy (non-hydrogen) atoms. The zero-order chi connectivity index (χ0) is 24.0. The van der Waals surface area contributed by atoms with Crippen LogP contribution < -0.4 is 14.8 Å². The van der Waals surface area contributed by atoms with Crippen molar-refractivity contribution in [2.24, 2.45) is 0 Å². The highest BCUT2D eigenvalue weighted by Crippen LogP contribution is 2.35. The minimum absolute atomic E-state index is 0.116. The van der Waals surface area contributed by atoms with Gasteiger partial charge in [0.1, 0.15) is 6.61 Å². The first-order chi connectivity index (χ1) is 15.7. The summed E-state index contributed by atoms with van der Waals surface area (Å²) in [6.45, 7) is 0.116. The molecule has 0 spiro atoms. The van der Waals surface area contributed by atoms with Gasteiger partial charge in [0.2, 0.25) is 5.91 Å². The second-order valence-electron chi connectivity index (χ2n) is 6.77. The smallest absolute Gasteiger partial charge is 0.418 e. The fraction of sp³-hybridized carbons (Fsp3) is 0.125. The molecule has 0 atom stereocenters. The van der Waals surface area contributed by atoms with Gasteiger partial charge in [0.15, 0.2) is 11.5 Å². The highest BCUT2D eigenvalue weighted by Gasteiger charge is 2.33. The number of hydrogen-bond acceptors (Lipinski definition) is 3. The number of carbonyl (C=O) groups is 1. The largest absolute Gasteiger partial charge is 0.493 e. The van der Waals surface area contributed by atoms with Crippen LogP contribution in [-0.2, 0) is 17.6 Å². The molecular formula is C24H18Cl2F3NO3. The van der Waals surface area contributed by atoms with Crippen molar-refractivity contribution in [1.82, 2.24) is 0 Å². The van der Waals surface area contributed by atoms with Crippen LogP contribution in [0.2, 0.25) is 10.0 Å². The van der Waals surface area contributed by atoms with Gasteiger partial charge in [0.25, 0.3) is 0 Å². The van der Waals surface area contributed by atoms with E-state index in [2.05, 4.69) is 5.32 Å². The topological polar surface area (TPSA) is 47.6 Å². The van der Waals surface area contributed by atoms with Crippen molar-refractivity contribution in [3.63, 3.8) is 0 Å². The molecule has 1 amide bonds. The van der Waals surface area contributed by atoms with Gasteiger partial charge in [-0.1, -0.05) is 47.5 Å². The van der Waals surface area contributed by atoms with Crippen LogP contribution in [0.5, 0.6) is 11.5 Å². The van der Waals surface area contributed by atoms with Crippen LogP contribution in [0.3, 0.4) is 0 Å². The Hall–Kier alpha value is -3.16. The Morgan fingerprint density at radius 1 is 1.00 bits per heavy atom. The van der Waals surface area contributed by atoms with E-state index in [9.17, 15) is 18.0 Å². The SMILES string of the molecule is COc1cc(C=CC(=O)Nc2ccccc2C(F)(F)F)ccc1OCc1c(Cl)cccc1Cl. The highest BCUT2D eigenvalue weighted by atomic mass is 35.5. The number of methoxy groups -OCH3 is 1. The second-order valence-corrected chi connectivity index (χ2v) is 7.58. The lowest BCUT2D eigenvalue weighted by atomic mass is 10.1. The minimum Gasteiger partial charge on any atom is -0.493 e. The second kappa shape index (κ2) is 10.6. The average molecular weight is 496 g/mol. The number of nitrogens with one attached hydrogen (secondary N) is 1. The van der Waals surface area contributed by atoms with E-state index >= 15 is 0 Å². The van der Waals surface area contributed by atoms with Crippen LogP contribution >= 0.6 is 23.2 Å². The average Bonchev–Trinajstić information content (AvgIpc) is 2.77. The van der Waals surface area contributed by atoms with Gasteiger partial charge in [-0.25, -0.2) is 0 Å². The van der Waals surface area contributed by atoms with Gasteiger partial charge < -0.3 is 14.8 Å². The summed E-state index contributed by atoms with van der Waals surface area (Å²) in [5.74, 6) is 0.108. The Morgan fingerprint density at radius 2 is 1.70 bits per heavy atom. The summed E-state index contributed by atoms with van der Waals surface area (Å²) in [5, 5.41) is 3.19. The molecule has 0 aliphatic carbocycles. The number of rotatable bonds is 7. The maximum Gasteiger partial charge on any atom is 0.418 e. The molecule has 3 rings (SSSR count). The zero-order valence-corrected chi connectivity index (χ0v) is 18.8. The van der Waals surface area contributed by atoms with E-state index < -0.39 is 17.6 Å². The number of ether oxygens (including phenoxy) is 2. The fourth-order valence-electron chi connectivity index (χ4n) is 2.91. The monoisotopic (exact) mass is 495 g/mol. The lowest BCUT2D eigenvalue weighted by Crippen LogP contribution is -2.14. The third-order valence-corrected chi connectivity index (χ3v) is 5.25. The lowest BCUT2D eigenvalue weighted by Gasteiger charge is -2.13. The number of para-hydroxylation sites is 1. The number of anilines is 1. The van der Waals surface area contributed by atoms with Crippen molar-refractivity contribution in [2.45, 2.75) is 12.8 Å². The molecule has 0 fully saturated rings. The molecule has 3 aromatic rings. The maximum atomic E-state index is 13.1. The van der Waals surface area contributed by atoms with Gasteiger partial charge in [-0.05, 0) is 48.0 Å². The van der Waals surface area contributed by atoms with Crippen LogP contribution in [0.15, 0.2) is 66.7 Å². The van der Waals surface area contributed by atoms with E-state index in [4.69, 9.17) is 32.7 Å². The molecule has 0 saturated heterocycles. The van der Waals surface area contributed by atoms with Crippen LogP contribution in [0.1, 0.15) is 16.7 Å². The van der Waals surface area contributed by atoms with Crippen molar-refractivity contribution in [3.8, 4) is 11.5 Å². The third-order valence-electron chi connectivity index (χ3n) is 4.54. The molecule has 0 aliphatic heterocycles. The van der Waals surface area contributed by atoms with E-state index in [0.717, 1.165) is 12.1 Å². The van der Waals surface area contributed by atoms with Crippen LogP contribution in [0.4, 0.5) is 18.9 Å². The van der Waals surface area contributed by atoms with E-state index in [0.29, 0.717) is 32.7 Å². The van der Waals surface area contributed by atoms with Gasteiger partial charge in [0, 0.05) is 21.7 Å². The summed E-state index contributed by atoms with van der Waals surface area (Å²) in [6.07, 6.45) is -2.00. The lowest BCUT2D eigenvalue weighted by molar-refractivity contribution is -0.136. The number of alkyl halides is 3. The van der Waals surface area contributed by atoms with Gasteiger partial charge in [-0.15, -0.1) is 0 Å². The van der Waals surface area contributed by atoms with Gasteiger partial charge >= 0.3 is 6.18 Å². The van der Waals surface area contributed by atoms with Crippen molar-refractivity contribution in [1.29, 1.82) is 0 Å². The Kier molecular flexibility index (Phi) is 7.89. The molecule has 3 aromatic carbocycles. The highest BCUT2D eigenvalue weighted by molar-refractivity contribution is 6.35. The van der Waals surface area contributed by atoms with Gasteiger partial charge in [0.05, 0.1) is 18.4 Å². The molecule has 172 valence electrons. The van der Waals surface area contributed by atoms with Crippen LogP contribution in [-0.4, -0.2) is 13.0 Å². The molecule has 0 aliphatic rings. The zero-order valence-electron chi connectivity index (χ0n) is 17.2. The van der Waals surface area contributed by atoms with Crippen molar-refractivity contribution in [2.75, 3.05) is 12.4 Å². The summed E-state index contributed by atoms with van der Waals surface area (Å²) in [6, 6.07) is 14.8. The summed E-state index contributed by atoms with van der Waals surface area (Å²) < 4.78 is 50.3. The number of hydrogen-bond donors (Lipinski definition) is 1. The fourth-order valence-corrected chi connectivity index (χ4v) is 3.42. The molecular weight excluding hydrogens is 478 g/mol. The molecule has 9 heteroatoms. The molecule has 0 unspecified atom stereocenters. The first-order valence-corrected chi connectivity index (χ1v) is 10.3. The number of carbonyl (C=O) groups excluding carboxylic acids is 1. The Labute approximate surface area is 198 Å². The third kappa shape index (κ3) is 6.43. The Balaban J connectivity index is 1.70. The summed E-state index contributed by atoms with van der Waals surface area (Å²) in [5.41, 5.74) is -0.0374. The summed E-state index contributed by atoms with van der Waals surface area (Å²) >= 11 is 12.3. The normalized spacial score (nSPS) is 11.5. The molecule has 4 nitrogen and oxygen atoms in total. The summed E-state index contributed by atoms with van der Waals surface area (Å²) in [7, 11) is 1.46. The van der Waals surface area contributed by atoms with Crippen molar-refractivity contribution < 1.29 is 27.4 Å². The Bertz CT molecular complexity index is 1160. The van der Waals surface area contributed by atoms with Gasteiger partial charge in [-0.2, -0.15) is 13.2 Å². The minimum atomic E-state index is -4.58. The molecule has 1 N–H and O–H groups in total. The molecule has 0 bridgehead atoms. The van der Waals surface area contributed by atoms with Crippen LogP contribution in [0, 0.1) is 0 Å². The Morgan fingerprint density at radius 3 is 2.36 bits per heavy atom. The van der Waals surface area contributed by atoms with E-state index in [1.165, 1.54) is 31.4 Å². The van der Waals surface area contributed by atoms with Crippen LogP contribution in [0.25, 0.3) is 6.08 Å². The predicted octanol–water partition coefficient (Wildman–Crippen LogP) is 7.25. The van der Waals surface area contributed by atoms with Gasteiger partial charge in [-0.3, -0.25) is 4.79 Å². The maximum absolute atomic E-state index is 13.1. The van der Waals surface area contributed by atoms with E-state index in [-0.39, 0.29) is 12.3 Å². The molecule has 0 aromatic heterocycles. The van der Waals surface area contributed by atoms with E-state index in [1.54, 1.807) is 36.4 Å². The van der Waals surface area contributed by atoms with Crippen molar-refractivity contribution >= 4 is 40.9 Å². The summed E-state index contributed by atoms with van der Waals surface area (Å²) in [4.78, 5) is 12.2. The molecule has 0 radical (unpaired) electrons. The van der Waals surface area contributed by atoms with Crippen molar-refractivity contribution in [3.05, 3.63) is 93.5 Å². The number of amides is 1. The number of benzene rings is 3. The number of halogens is 5. The molecule has 0 heterocycles. The van der Waals surface area contributed by atoms with E-state index in [1.807, 2.05) is 0 Å².